The molecule has 0 saturated carbocycles. The number of rotatable bonds is 9. The number of benzene rings is 1. The maximum absolute atomic E-state index is 12.0. The molecule has 132 valence electrons. The molecule has 1 rings (SSSR count). The van der Waals surface area contributed by atoms with Crippen LogP contribution in [0, 0.1) is 0 Å². The highest BCUT2D eigenvalue weighted by Gasteiger charge is 2.11. The Balaban J connectivity index is 2.46. The molecule has 1 N–H and O–H groups in total. The molecule has 0 fully saturated rings. The molecule has 1 aromatic carbocycles. The molecule has 7 nitrogen and oxygen atoms in total. The first-order valence-corrected chi connectivity index (χ1v) is 7.70. The minimum absolute atomic E-state index is 0.0682. The molecule has 0 heterocycles. The Morgan fingerprint density at radius 2 is 1.75 bits per heavy atom. The standard InChI is InChI=1S/C17H24N2O5/c1-13(20)19(10-4-12-23-2)11-9-16(21)18-15-7-5-14(6-8-15)17(22)24-3/h5-8H,4,9-12H2,1-3H3,(H,18,21). The van der Waals surface area contributed by atoms with Crippen molar-refractivity contribution in [3.63, 3.8) is 0 Å². The van der Waals surface area contributed by atoms with Crippen molar-refractivity contribution in [2.24, 2.45) is 0 Å². The lowest BCUT2D eigenvalue weighted by Gasteiger charge is -2.20. The van der Waals surface area contributed by atoms with E-state index in [2.05, 4.69) is 10.1 Å². The van der Waals surface area contributed by atoms with E-state index in [0.29, 0.717) is 30.9 Å². The highest BCUT2D eigenvalue weighted by molar-refractivity contribution is 5.93. The number of nitrogens with zero attached hydrogens (tertiary/aromatic N) is 1. The van der Waals surface area contributed by atoms with E-state index in [1.54, 1.807) is 36.3 Å². The lowest BCUT2D eigenvalue weighted by Crippen LogP contribution is -2.33. The fraction of sp³-hybridized carbons (Fsp3) is 0.471. The SMILES string of the molecule is COCCCN(CCC(=O)Nc1ccc(C(=O)OC)cc1)C(C)=O. The van der Waals surface area contributed by atoms with Gasteiger partial charge in [-0.15, -0.1) is 0 Å². The Hall–Kier alpha value is -2.41. The fourth-order valence-electron chi connectivity index (χ4n) is 2.09. The molecule has 0 aliphatic heterocycles. The molecule has 24 heavy (non-hydrogen) atoms. The molecule has 2 amide bonds. The van der Waals surface area contributed by atoms with E-state index >= 15 is 0 Å². The monoisotopic (exact) mass is 336 g/mol. The van der Waals surface area contributed by atoms with Crippen molar-refractivity contribution in [2.45, 2.75) is 19.8 Å². The summed E-state index contributed by atoms with van der Waals surface area (Å²) in [5, 5.41) is 2.73. The second-order valence-electron chi connectivity index (χ2n) is 5.22. The Bertz CT molecular complexity index is 557. The predicted octanol–water partition coefficient (Wildman–Crippen LogP) is 1.69. The van der Waals surface area contributed by atoms with Gasteiger partial charge < -0.3 is 19.7 Å². The maximum Gasteiger partial charge on any atom is 0.337 e. The summed E-state index contributed by atoms with van der Waals surface area (Å²) in [6.45, 7) is 2.97. The zero-order chi connectivity index (χ0) is 17.9. The van der Waals surface area contributed by atoms with Crippen LogP contribution >= 0.6 is 0 Å². The maximum atomic E-state index is 12.0. The highest BCUT2D eigenvalue weighted by Crippen LogP contribution is 2.11. The molecule has 0 atom stereocenters. The van der Waals surface area contributed by atoms with Crippen molar-refractivity contribution >= 4 is 23.5 Å². The summed E-state index contributed by atoms with van der Waals surface area (Å²) in [6.07, 6.45) is 0.929. The second kappa shape index (κ2) is 10.4. The molecule has 0 aliphatic rings. The zero-order valence-corrected chi connectivity index (χ0v) is 14.3. The average Bonchev–Trinajstić information content (AvgIpc) is 2.57. The van der Waals surface area contributed by atoms with Gasteiger partial charge in [0.15, 0.2) is 0 Å². The van der Waals surface area contributed by atoms with Crippen LogP contribution in [0.25, 0.3) is 0 Å². The summed E-state index contributed by atoms with van der Waals surface area (Å²) in [4.78, 5) is 36.5. The predicted molar refractivity (Wildman–Crippen MR) is 89.8 cm³/mol. The number of ether oxygens (including phenoxy) is 2. The molecule has 0 bridgehead atoms. The van der Waals surface area contributed by atoms with Gasteiger partial charge >= 0.3 is 5.97 Å². The van der Waals surface area contributed by atoms with Gasteiger partial charge in [-0.1, -0.05) is 0 Å². The van der Waals surface area contributed by atoms with E-state index in [9.17, 15) is 14.4 Å². The summed E-state index contributed by atoms with van der Waals surface area (Å²) in [5.41, 5.74) is 0.998. The minimum atomic E-state index is -0.430. The Labute approximate surface area is 141 Å². The normalized spacial score (nSPS) is 10.1. The van der Waals surface area contributed by atoms with Gasteiger partial charge in [0.05, 0.1) is 12.7 Å². The second-order valence-corrected chi connectivity index (χ2v) is 5.22. The summed E-state index contributed by atoms with van der Waals surface area (Å²) in [7, 11) is 2.92. The third-order valence-corrected chi connectivity index (χ3v) is 3.42. The van der Waals surface area contributed by atoms with Crippen molar-refractivity contribution < 1.29 is 23.9 Å². The molecule has 0 aromatic heterocycles. The average molecular weight is 336 g/mol. The third kappa shape index (κ3) is 6.78. The van der Waals surface area contributed by atoms with Gasteiger partial charge in [-0.3, -0.25) is 9.59 Å². The van der Waals surface area contributed by atoms with Crippen LogP contribution in [0.15, 0.2) is 24.3 Å². The van der Waals surface area contributed by atoms with E-state index in [1.807, 2.05) is 0 Å². The van der Waals surface area contributed by atoms with Crippen molar-refractivity contribution in [1.82, 2.24) is 4.90 Å². The van der Waals surface area contributed by atoms with E-state index in [0.717, 1.165) is 6.42 Å². The molecular formula is C17H24N2O5. The Kier molecular flexibility index (Phi) is 8.49. The number of nitrogens with one attached hydrogen (secondary N) is 1. The first-order chi connectivity index (χ1) is 11.5. The summed E-state index contributed by atoms with van der Waals surface area (Å²) >= 11 is 0. The van der Waals surface area contributed by atoms with Crippen molar-refractivity contribution in [1.29, 1.82) is 0 Å². The lowest BCUT2D eigenvalue weighted by atomic mass is 10.2. The van der Waals surface area contributed by atoms with E-state index in [1.165, 1.54) is 14.0 Å². The number of hydrogen-bond donors (Lipinski definition) is 1. The van der Waals surface area contributed by atoms with Crippen LogP contribution in [0.2, 0.25) is 0 Å². The number of amides is 2. The van der Waals surface area contributed by atoms with Gasteiger partial charge in [-0.2, -0.15) is 0 Å². The summed E-state index contributed by atoms with van der Waals surface area (Å²) in [5.74, 6) is -0.693. The van der Waals surface area contributed by atoms with Crippen LogP contribution in [0.1, 0.15) is 30.1 Å². The first-order valence-electron chi connectivity index (χ1n) is 7.70. The topological polar surface area (TPSA) is 84.9 Å². The lowest BCUT2D eigenvalue weighted by molar-refractivity contribution is -0.129. The quantitative estimate of drug-likeness (QED) is 0.548. The largest absolute Gasteiger partial charge is 0.465 e. The number of carbonyl (C=O) groups excluding carboxylic acids is 3. The van der Waals surface area contributed by atoms with Crippen LogP contribution in [-0.4, -0.2) is 56.6 Å². The van der Waals surface area contributed by atoms with Crippen LogP contribution in [0.4, 0.5) is 5.69 Å². The Morgan fingerprint density at radius 1 is 1.08 bits per heavy atom. The first kappa shape index (κ1) is 19.6. The molecule has 0 unspecified atom stereocenters. The molecule has 0 spiro atoms. The summed E-state index contributed by atoms with van der Waals surface area (Å²) in [6, 6.07) is 6.42. The number of carbonyl (C=O) groups is 3. The van der Waals surface area contributed by atoms with Gasteiger partial charge in [0.25, 0.3) is 0 Å². The van der Waals surface area contributed by atoms with Crippen molar-refractivity contribution in [3.05, 3.63) is 29.8 Å². The van der Waals surface area contributed by atoms with Crippen LogP contribution in [-0.2, 0) is 19.1 Å². The molecule has 1 aromatic rings. The summed E-state index contributed by atoms with van der Waals surface area (Å²) < 4.78 is 9.57. The van der Waals surface area contributed by atoms with Gasteiger partial charge in [-0.25, -0.2) is 4.79 Å². The molecule has 0 radical (unpaired) electrons. The third-order valence-electron chi connectivity index (χ3n) is 3.42. The van der Waals surface area contributed by atoms with E-state index in [-0.39, 0.29) is 18.2 Å². The molecule has 7 heteroatoms. The number of hydrogen-bond acceptors (Lipinski definition) is 5. The van der Waals surface area contributed by atoms with Gasteiger partial charge in [0.1, 0.15) is 0 Å². The van der Waals surface area contributed by atoms with Crippen LogP contribution in [0.5, 0.6) is 0 Å². The zero-order valence-electron chi connectivity index (χ0n) is 14.3. The van der Waals surface area contributed by atoms with Crippen LogP contribution in [0.3, 0.4) is 0 Å². The van der Waals surface area contributed by atoms with E-state index in [4.69, 9.17) is 4.74 Å². The number of esters is 1. The van der Waals surface area contributed by atoms with Crippen LogP contribution < -0.4 is 5.32 Å². The van der Waals surface area contributed by atoms with Gasteiger partial charge in [0, 0.05) is 45.8 Å². The van der Waals surface area contributed by atoms with E-state index < -0.39 is 5.97 Å². The van der Waals surface area contributed by atoms with Crippen molar-refractivity contribution in [3.8, 4) is 0 Å². The number of anilines is 1. The smallest absolute Gasteiger partial charge is 0.337 e. The van der Waals surface area contributed by atoms with Gasteiger partial charge in [0.2, 0.25) is 11.8 Å². The highest BCUT2D eigenvalue weighted by atomic mass is 16.5. The Morgan fingerprint density at radius 3 is 2.29 bits per heavy atom. The fourth-order valence-corrected chi connectivity index (χ4v) is 2.09. The molecular weight excluding hydrogens is 312 g/mol. The van der Waals surface area contributed by atoms with Gasteiger partial charge in [-0.05, 0) is 30.7 Å². The molecule has 0 saturated heterocycles. The van der Waals surface area contributed by atoms with Crippen molar-refractivity contribution in [2.75, 3.05) is 39.2 Å². The minimum Gasteiger partial charge on any atom is -0.465 e. The number of methoxy groups -OCH3 is 2. The molecule has 0 aliphatic carbocycles.